The quantitative estimate of drug-likeness (QED) is 0.110. The summed E-state index contributed by atoms with van der Waals surface area (Å²) >= 11 is 0. The lowest BCUT2D eigenvalue weighted by Crippen LogP contribution is -2.65. The maximum absolute atomic E-state index is 18.1. The van der Waals surface area contributed by atoms with Gasteiger partial charge >= 0.3 is 18.3 Å². The predicted molar refractivity (Wildman–Crippen MR) is 251 cm³/mol. The molecule has 10 rings (SSSR count). The molecule has 1 amide bonds. The Balaban J connectivity index is 1.16. The summed E-state index contributed by atoms with van der Waals surface area (Å²) in [6, 6.07) is 12.5. The van der Waals surface area contributed by atoms with Gasteiger partial charge in [0.1, 0.15) is 69.9 Å². The van der Waals surface area contributed by atoms with E-state index in [1.165, 1.54) is 19.1 Å². The van der Waals surface area contributed by atoms with E-state index in [4.69, 9.17) is 28.7 Å². The van der Waals surface area contributed by atoms with Gasteiger partial charge in [-0.2, -0.15) is 23.1 Å². The average molecular weight is 1010 g/mol. The molecule has 14 nitrogen and oxygen atoms in total. The first-order valence-corrected chi connectivity index (χ1v) is 24.0. The predicted octanol–water partition coefficient (Wildman–Crippen LogP) is 10.1. The highest BCUT2D eigenvalue weighted by molar-refractivity contribution is 5.98. The lowest BCUT2D eigenvalue weighted by atomic mass is 9.95. The van der Waals surface area contributed by atoms with Gasteiger partial charge in [0.15, 0.2) is 5.82 Å². The average Bonchev–Trinajstić information content (AvgIpc) is 3.95. The van der Waals surface area contributed by atoms with Gasteiger partial charge in [0.05, 0.1) is 43.4 Å². The van der Waals surface area contributed by atoms with Crippen molar-refractivity contribution in [2.24, 2.45) is 0 Å². The van der Waals surface area contributed by atoms with Crippen LogP contribution >= 0.6 is 0 Å². The zero-order valence-corrected chi connectivity index (χ0v) is 40.6. The molecule has 384 valence electrons. The monoisotopic (exact) mass is 1010 g/mol. The number of anilines is 2. The smallest absolute Gasteiger partial charge is 0.419 e. The number of pyridine rings is 2. The third kappa shape index (κ3) is 9.09. The summed E-state index contributed by atoms with van der Waals surface area (Å²) in [5, 5.41) is -0.0917. The van der Waals surface area contributed by atoms with Crippen LogP contribution in [0.1, 0.15) is 88.6 Å². The molecule has 4 fully saturated rings. The van der Waals surface area contributed by atoms with Crippen molar-refractivity contribution in [1.82, 2.24) is 29.7 Å². The molecule has 0 saturated carbocycles. The molecular weight excluding hydrogens is 954 g/mol. The molecule has 3 aromatic heterocycles. The van der Waals surface area contributed by atoms with Gasteiger partial charge in [0.25, 0.3) is 6.43 Å². The second-order valence-corrected chi connectivity index (χ2v) is 20.3. The molecule has 6 atom stereocenters. The molecule has 0 spiro atoms. The minimum absolute atomic E-state index is 0.0466. The number of carbonyl (C=O) groups excluding carboxylic acids is 1. The zero-order chi connectivity index (χ0) is 51.0. The highest BCUT2D eigenvalue weighted by Crippen LogP contribution is 2.50. The van der Waals surface area contributed by atoms with Crippen molar-refractivity contribution < 1.29 is 59.2 Å². The van der Waals surface area contributed by atoms with Crippen LogP contribution in [-0.4, -0.2) is 118 Å². The van der Waals surface area contributed by atoms with E-state index in [1.807, 2.05) is 9.80 Å². The second-order valence-electron chi connectivity index (χ2n) is 20.3. The standard InChI is InChI=1S/C51H55F7N8O6/c1-27-43-35-17-12-31(66(35)48(67)72-49(2,3)4)25-65(43)45-37-41(61-47(62-45)70-26-50-18-7-19-64(50)24-30(52)21-50)39(53)40(60-46(37)71-27)34-20-36(59-42(44(54)55)38(34)51(56,57)58)63(22-28-8-13-32(68-5)14-9-28)23-29-10-15-33(69-6)16-11-29/h8-11,13-16,20,27,30-31,35,43-44H,7,12,17-19,21-26H2,1-6H3/t27-,30+,31+,35-,43+,50-/m0/s1. The largest absolute Gasteiger partial charge is 0.497 e. The summed E-state index contributed by atoms with van der Waals surface area (Å²) in [6.45, 7) is 7.86. The van der Waals surface area contributed by atoms with Gasteiger partial charge in [-0.25, -0.2) is 32.3 Å². The maximum Gasteiger partial charge on any atom is 0.419 e. The number of alkyl halides is 6. The summed E-state index contributed by atoms with van der Waals surface area (Å²) in [5.41, 5.74) is -6.37. The lowest BCUT2D eigenvalue weighted by Gasteiger charge is -2.48. The summed E-state index contributed by atoms with van der Waals surface area (Å²) in [4.78, 5) is 38.8. The first kappa shape index (κ1) is 49.2. The molecule has 0 radical (unpaired) electrons. The fourth-order valence-electron chi connectivity index (χ4n) is 11.4. The number of amides is 1. The zero-order valence-electron chi connectivity index (χ0n) is 40.6. The topological polar surface area (TPSA) is 128 Å². The highest BCUT2D eigenvalue weighted by atomic mass is 19.4. The number of nitrogens with zero attached hydrogens (tertiary/aromatic N) is 8. The van der Waals surface area contributed by atoms with E-state index in [0.29, 0.717) is 48.4 Å². The van der Waals surface area contributed by atoms with Crippen molar-refractivity contribution in [3.63, 3.8) is 0 Å². The van der Waals surface area contributed by atoms with Crippen molar-refractivity contribution in [3.05, 3.63) is 82.8 Å². The minimum Gasteiger partial charge on any atom is -0.497 e. The molecule has 0 aliphatic carbocycles. The van der Waals surface area contributed by atoms with Crippen molar-refractivity contribution >= 4 is 28.6 Å². The number of fused-ring (bicyclic) bond motifs is 6. The SMILES string of the molecule is COc1ccc(CN(Cc2ccc(OC)cc2)c2cc(-c3nc4c5c(nc(OC[C@@]67CCCN6C[C@H](F)C7)nc5c3F)N3C[C@H]5CC[C@@H]([C@H]3[C@H](C)O4)N5C(=O)OC(C)(C)C)c(C(F)(F)F)c(C(F)F)n2)cc1. The molecule has 2 aromatic carbocycles. The Kier molecular flexibility index (Phi) is 12.7. The van der Waals surface area contributed by atoms with Crippen LogP contribution in [0.25, 0.3) is 22.2 Å². The van der Waals surface area contributed by atoms with Crippen molar-refractivity contribution in [2.75, 3.05) is 50.3 Å². The van der Waals surface area contributed by atoms with E-state index in [1.54, 1.807) is 81.1 Å². The number of hydrogen-bond acceptors (Lipinski definition) is 13. The number of piperazine rings is 1. The van der Waals surface area contributed by atoms with Crippen LogP contribution in [0, 0.1) is 5.82 Å². The number of aromatic nitrogens is 4. The molecule has 0 N–H and O–H groups in total. The van der Waals surface area contributed by atoms with Gasteiger partial charge in [0, 0.05) is 38.2 Å². The highest BCUT2D eigenvalue weighted by Gasteiger charge is 2.55. The Morgan fingerprint density at radius 1 is 0.931 bits per heavy atom. The number of methoxy groups -OCH3 is 2. The van der Waals surface area contributed by atoms with E-state index in [0.717, 1.165) is 12.5 Å². The third-order valence-corrected chi connectivity index (χ3v) is 14.5. The van der Waals surface area contributed by atoms with Crippen LogP contribution in [0.4, 0.5) is 47.2 Å². The number of rotatable bonds is 12. The van der Waals surface area contributed by atoms with Gasteiger partial charge in [-0.05, 0) is 101 Å². The van der Waals surface area contributed by atoms with Crippen molar-refractivity contribution in [3.8, 4) is 34.6 Å². The Morgan fingerprint density at radius 3 is 2.21 bits per heavy atom. The fourth-order valence-corrected chi connectivity index (χ4v) is 11.4. The molecule has 5 aliphatic rings. The van der Waals surface area contributed by atoms with E-state index in [9.17, 15) is 9.18 Å². The van der Waals surface area contributed by atoms with E-state index in [2.05, 4.69) is 15.0 Å². The van der Waals surface area contributed by atoms with Gasteiger partial charge in [0.2, 0.25) is 5.88 Å². The first-order valence-electron chi connectivity index (χ1n) is 24.0. The number of halogens is 7. The summed E-state index contributed by atoms with van der Waals surface area (Å²) < 4.78 is 140. The summed E-state index contributed by atoms with van der Waals surface area (Å²) in [6.07, 6.45) is -9.09. The van der Waals surface area contributed by atoms with Gasteiger partial charge in [-0.3, -0.25) is 9.80 Å². The maximum atomic E-state index is 18.1. The van der Waals surface area contributed by atoms with Crippen molar-refractivity contribution in [1.29, 1.82) is 0 Å². The number of carbonyl (C=O) groups is 1. The summed E-state index contributed by atoms with van der Waals surface area (Å²) in [5.74, 6) is -0.940. The molecule has 72 heavy (non-hydrogen) atoms. The Morgan fingerprint density at radius 2 is 1.60 bits per heavy atom. The van der Waals surface area contributed by atoms with Crippen LogP contribution in [0.3, 0.4) is 0 Å². The second kappa shape index (κ2) is 18.6. The van der Waals surface area contributed by atoms with Gasteiger partial charge < -0.3 is 33.5 Å². The molecule has 5 aromatic rings. The molecule has 0 unspecified atom stereocenters. The molecule has 2 bridgehead atoms. The van der Waals surface area contributed by atoms with Crippen LogP contribution in [0.5, 0.6) is 23.4 Å². The Hall–Kier alpha value is -6.38. The molecule has 4 saturated heterocycles. The van der Waals surface area contributed by atoms with Crippen LogP contribution < -0.4 is 28.7 Å². The fraction of sp³-hybridized carbons (Fsp3) is 0.510. The van der Waals surface area contributed by atoms with Crippen molar-refractivity contribution in [2.45, 2.75) is 127 Å². The molecule has 21 heteroatoms. The summed E-state index contributed by atoms with van der Waals surface area (Å²) in [7, 11) is 2.98. The van der Waals surface area contributed by atoms with Crippen LogP contribution in [-0.2, 0) is 24.0 Å². The first-order chi connectivity index (χ1) is 34.2. The van der Waals surface area contributed by atoms with E-state index in [-0.39, 0.29) is 74.2 Å². The Bertz CT molecular complexity index is 2810. The molecular formula is C51H55F7N8O6. The number of ether oxygens (including phenoxy) is 5. The molecule has 5 aliphatic heterocycles. The van der Waals surface area contributed by atoms with Crippen LogP contribution in [0.2, 0.25) is 0 Å². The lowest BCUT2D eigenvalue weighted by molar-refractivity contribution is -0.139. The third-order valence-electron chi connectivity index (χ3n) is 14.5. The molecule has 8 heterocycles. The van der Waals surface area contributed by atoms with Gasteiger partial charge in [-0.15, -0.1) is 0 Å². The van der Waals surface area contributed by atoms with E-state index >= 15 is 26.3 Å². The van der Waals surface area contributed by atoms with Crippen LogP contribution in [0.15, 0.2) is 54.6 Å². The van der Waals surface area contributed by atoms with Gasteiger partial charge in [-0.1, -0.05) is 24.3 Å². The van der Waals surface area contributed by atoms with E-state index < -0.39 is 88.0 Å². The number of benzene rings is 2. The minimum atomic E-state index is -5.51. The Labute approximate surface area is 411 Å². The number of hydrogen-bond donors (Lipinski definition) is 0. The normalized spacial score (nSPS) is 23.7.